The molecule has 3 heteroatoms. The number of rotatable bonds is 7. The first-order chi connectivity index (χ1) is 37.7. The maximum atomic E-state index is 6.79. The van der Waals surface area contributed by atoms with Crippen molar-refractivity contribution in [2.75, 3.05) is 4.90 Å². The monoisotopic (exact) mass is 966 g/mol. The lowest BCUT2D eigenvalue weighted by molar-refractivity contribution is 0.669. The van der Waals surface area contributed by atoms with Crippen molar-refractivity contribution in [1.82, 2.24) is 4.57 Å². The van der Waals surface area contributed by atoms with E-state index in [1.165, 1.54) is 71.9 Å². The van der Waals surface area contributed by atoms with Crippen molar-refractivity contribution < 1.29 is 4.42 Å². The molecular weight excluding hydrogens is 921 g/mol. The van der Waals surface area contributed by atoms with Crippen LogP contribution < -0.4 is 4.90 Å². The van der Waals surface area contributed by atoms with Crippen LogP contribution in [0.15, 0.2) is 283 Å². The number of nitrogens with zero attached hydrogens (tertiary/aromatic N) is 2. The highest BCUT2D eigenvalue weighted by Gasteiger charge is 2.51. The molecule has 0 radical (unpaired) electrons. The molecule has 0 bridgehead atoms. The van der Waals surface area contributed by atoms with Gasteiger partial charge in [-0.05, 0) is 151 Å². The van der Waals surface area contributed by atoms with Gasteiger partial charge in [0, 0.05) is 33.1 Å². The van der Waals surface area contributed by atoms with Crippen molar-refractivity contribution >= 4 is 60.8 Å². The summed E-state index contributed by atoms with van der Waals surface area (Å²) in [7, 11) is 0. The second-order valence-electron chi connectivity index (χ2n) is 20.3. The molecule has 0 amide bonds. The average Bonchev–Trinajstić information content (AvgIpc) is 4.38. The van der Waals surface area contributed by atoms with E-state index >= 15 is 0 Å². The van der Waals surface area contributed by atoms with Gasteiger partial charge >= 0.3 is 0 Å². The summed E-state index contributed by atoms with van der Waals surface area (Å²) in [5.41, 5.74) is 25.5. The van der Waals surface area contributed by atoms with Crippen LogP contribution in [0.5, 0.6) is 0 Å². The predicted octanol–water partition coefficient (Wildman–Crippen LogP) is 19.5. The maximum Gasteiger partial charge on any atom is 0.137 e. The Balaban J connectivity index is 0.854. The van der Waals surface area contributed by atoms with Gasteiger partial charge in [-0.1, -0.05) is 200 Å². The molecule has 2 heterocycles. The minimum atomic E-state index is -0.408. The van der Waals surface area contributed by atoms with Crippen LogP contribution in [-0.4, -0.2) is 4.57 Å². The summed E-state index contributed by atoms with van der Waals surface area (Å²) in [4.78, 5) is 2.43. The summed E-state index contributed by atoms with van der Waals surface area (Å²) in [6.45, 7) is 0. The molecule has 76 heavy (non-hydrogen) atoms. The van der Waals surface area contributed by atoms with E-state index in [0.717, 1.165) is 72.5 Å². The summed E-state index contributed by atoms with van der Waals surface area (Å²) in [5.74, 6) is 0. The number of anilines is 3. The molecule has 0 unspecified atom stereocenters. The maximum absolute atomic E-state index is 6.79. The van der Waals surface area contributed by atoms with Crippen LogP contribution >= 0.6 is 0 Å². The highest BCUT2D eigenvalue weighted by Crippen LogP contribution is 2.63. The first-order valence-electron chi connectivity index (χ1n) is 26.2. The molecule has 354 valence electrons. The van der Waals surface area contributed by atoms with Crippen LogP contribution in [0, 0.1) is 0 Å². The minimum Gasteiger partial charge on any atom is -0.456 e. The molecule has 0 fully saturated rings. The van der Waals surface area contributed by atoms with E-state index in [4.69, 9.17) is 4.42 Å². The molecule has 0 saturated heterocycles. The molecule has 12 aromatic carbocycles. The molecule has 3 nitrogen and oxygen atoms in total. The van der Waals surface area contributed by atoms with E-state index < -0.39 is 5.41 Å². The average molecular weight is 967 g/mol. The fourth-order valence-electron chi connectivity index (χ4n) is 13.2. The second-order valence-corrected chi connectivity index (χ2v) is 20.3. The van der Waals surface area contributed by atoms with Gasteiger partial charge in [-0.25, -0.2) is 0 Å². The zero-order valence-corrected chi connectivity index (χ0v) is 41.4. The number of furan rings is 1. The van der Waals surface area contributed by atoms with Crippen molar-refractivity contribution in [3.05, 3.63) is 301 Å². The Hall–Kier alpha value is -9.96. The summed E-state index contributed by atoms with van der Waals surface area (Å²) in [6, 6.07) is 102. The highest BCUT2D eigenvalue weighted by molar-refractivity contribution is 6.15. The summed E-state index contributed by atoms with van der Waals surface area (Å²) >= 11 is 0. The van der Waals surface area contributed by atoms with Crippen LogP contribution in [0.1, 0.15) is 22.3 Å². The Bertz CT molecular complexity index is 4570. The number of fused-ring (bicyclic) bond motifs is 16. The largest absolute Gasteiger partial charge is 0.456 e. The molecule has 0 saturated carbocycles. The molecule has 0 N–H and O–H groups in total. The van der Waals surface area contributed by atoms with Crippen molar-refractivity contribution in [2.24, 2.45) is 0 Å². The van der Waals surface area contributed by atoms with Crippen molar-refractivity contribution in [1.29, 1.82) is 0 Å². The fourth-order valence-corrected chi connectivity index (χ4v) is 13.2. The zero-order chi connectivity index (χ0) is 49.9. The van der Waals surface area contributed by atoms with Crippen molar-refractivity contribution in [3.63, 3.8) is 0 Å². The topological polar surface area (TPSA) is 21.3 Å². The van der Waals surface area contributed by atoms with E-state index in [2.05, 4.69) is 289 Å². The van der Waals surface area contributed by atoms with Gasteiger partial charge < -0.3 is 13.9 Å². The third-order valence-electron chi connectivity index (χ3n) is 16.4. The Kier molecular flexibility index (Phi) is 9.25. The molecule has 14 aromatic rings. The number of aromatic nitrogens is 1. The lowest BCUT2D eigenvalue weighted by atomic mass is 9.70. The van der Waals surface area contributed by atoms with Gasteiger partial charge in [-0.2, -0.15) is 0 Å². The first-order valence-corrected chi connectivity index (χ1v) is 26.2. The van der Waals surface area contributed by atoms with Gasteiger partial charge in [0.15, 0.2) is 0 Å². The van der Waals surface area contributed by atoms with Crippen LogP contribution in [-0.2, 0) is 5.41 Å². The van der Waals surface area contributed by atoms with E-state index in [1.54, 1.807) is 0 Å². The van der Waals surface area contributed by atoms with Gasteiger partial charge in [-0.15, -0.1) is 0 Å². The number of para-hydroxylation sites is 3. The van der Waals surface area contributed by atoms with Gasteiger partial charge in [0.1, 0.15) is 11.2 Å². The Morgan fingerprint density at radius 1 is 0.303 bits per heavy atom. The van der Waals surface area contributed by atoms with Crippen LogP contribution in [0.3, 0.4) is 0 Å². The van der Waals surface area contributed by atoms with Gasteiger partial charge in [0.2, 0.25) is 0 Å². The Morgan fingerprint density at radius 2 is 0.829 bits per heavy atom. The predicted molar refractivity (Wildman–Crippen MR) is 315 cm³/mol. The van der Waals surface area contributed by atoms with Crippen LogP contribution in [0.2, 0.25) is 0 Å². The van der Waals surface area contributed by atoms with Gasteiger partial charge in [0.25, 0.3) is 0 Å². The molecular formula is C73H46N2O. The standard InChI is InChI=1S/C73H46N2O/c1-3-18-48(19-4-1)54-22-10-15-30-66(54)75(53-39-34-47(35-40-53)51-36-41-58-57-25-9-14-29-64(57)73(65(58)46-51)62-27-12-7-23-55(62)56-24-8-13-28-63(56)73)69-32-17-33-71-72(69)61-45-50(38-43-70(61)76-71)49-37-42-68-60(44-49)59-26-11-16-31-67(59)74(68)52-20-5-2-6-21-52/h1-46H. The van der Waals surface area contributed by atoms with E-state index in [0.29, 0.717) is 0 Å². The third-order valence-corrected chi connectivity index (χ3v) is 16.4. The molecule has 2 aromatic heterocycles. The highest BCUT2D eigenvalue weighted by atomic mass is 16.3. The van der Waals surface area contributed by atoms with E-state index in [1.807, 2.05) is 0 Å². The lowest BCUT2D eigenvalue weighted by Crippen LogP contribution is -2.25. The summed E-state index contributed by atoms with van der Waals surface area (Å²) in [5, 5.41) is 4.58. The Morgan fingerprint density at radius 3 is 1.55 bits per heavy atom. The quantitative estimate of drug-likeness (QED) is 0.159. The third kappa shape index (κ3) is 6.11. The molecule has 0 aliphatic heterocycles. The SMILES string of the molecule is c1ccc(-c2ccccc2N(c2ccc(-c3ccc4c(c3)C3(c5ccccc5-c5ccccc53)c3ccccc3-4)cc2)c2cccc3oc4ccc(-c5ccc6c(c5)c5ccccc5n6-c5ccccc5)cc4c23)cc1. The molecule has 16 rings (SSSR count). The zero-order valence-electron chi connectivity index (χ0n) is 41.4. The first kappa shape index (κ1) is 42.5. The summed E-state index contributed by atoms with van der Waals surface area (Å²) < 4.78 is 9.16. The van der Waals surface area contributed by atoms with Crippen LogP contribution in [0.25, 0.3) is 105 Å². The lowest BCUT2D eigenvalue weighted by Gasteiger charge is -2.30. The molecule has 1 spiro atoms. The summed E-state index contributed by atoms with van der Waals surface area (Å²) in [6.07, 6.45) is 0. The molecule has 2 aliphatic carbocycles. The number of hydrogen-bond acceptors (Lipinski definition) is 2. The molecule has 2 aliphatic rings. The van der Waals surface area contributed by atoms with E-state index in [9.17, 15) is 0 Å². The fraction of sp³-hybridized carbons (Fsp3) is 0.0137. The number of benzene rings is 12. The molecule has 0 atom stereocenters. The van der Waals surface area contributed by atoms with Gasteiger partial charge in [-0.3, -0.25) is 0 Å². The second kappa shape index (κ2) is 16.5. The van der Waals surface area contributed by atoms with Crippen molar-refractivity contribution in [2.45, 2.75) is 5.41 Å². The Labute approximate surface area is 440 Å². The number of hydrogen-bond donors (Lipinski definition) is 0. The minimum absolute atomic E-state index is 0.408. The smallest absolute Gasteiger partial charge is 0.137 e. The van der Waals surface area contributed by atoms with Crippen molar-refractivity contribution in [3.8, 4) is 61.3 Å². The van der Waals surface area contributed by atoms with Crippen LogP contribution in [0.4, 0.5) is 17.1 Å². The van der Waals surface area contributed by atoms with E-state index in [-0.39, 0.29) is 0 Å². The normalized spacial score (nSPS) is 12.8. The van der Waals surface area contributed by atoms with Gasteiger partial charge in [0.05, 0.1) is 33.2 Å².